The van der Waals surface area contributed by atoms with Gasteiger partial charge in [0.2, 0.25) is 5.78 Å². The molecule has 5 rings (SSSR count). The Labute approximate surface area is 114 Å². The van der Waals surface area contributed by atoms with Crippen molar-refractivity contribution in [1.29, 1.82) is 0 Å². The molecule has 0 unspecified atom stereocenters. The fraction of sp³-hybridized carbons (Fsp3) is 0.0667. The number of ether oxygens (including phenoxy) is 1. The maximum absolute atomic E-state index is 5.94. The van der Waals surface area contributed by atoms with Gasteiger partial charge in [0.25, 0.3) is 0 Å². The summed E-state index contributed by atoms with van der Waals surface area (Å²) in [5.41, 5.74) is 2.97. The summed E-state index contributed by atoms with van der Waals surface area (Å²) in [5, 5.41) is 0.964. The second-order valence-electron chi connectivity index (χ2n) is 4.87. The van der Waals surface area contributed by atoms with E-state index in [0.29, 0.717) is 12.4 Å². The highest BCUT2D eigenvalue weighted by Crippen LogP contribution is 2.40. The molecule has 4 heterocycles. The average Bonchev–Trinajstić information content (AvgIpc) is 2.59. The van der Waals surface area contributed by atoms with E-state index in [1.165, 1.54) is 0 Å². The Balaban J connectivity index is 1.93. The van der Waals surface area contributed by atoms with E-state index in [-0.39, 0.29) is 0 Å². The first-order valence-electron chi connectivity index (χ1n) is 6.48. The predicted molar refractivity (Wildman–Crippen MR) is 76.9 cm³/mol. The Kier molecular flexibility index (Phi) is 1.70. The van der Waals surface area contributed by atoms with Crippen molar-refractivity contribution in [1.82, 2.24) is 15.0 Å². The standard InChI is InChI=1S/C15H10N4O/c1-2-4-9-8-20-11-6-5-10-13-12(11)14(19(9)7-3-1)18-15(16-10)17-13/h1-7H,8H2,(H,16,17,18). The number of nitrogens with one attached hydrogen (secondary N) is 1. The molecule has 0 saturated carbocycles. The lowest BCUT2D eigenvalue weighted by atomic mass is 10.2. The van der Waals surface area contributed by atoms with Crippen LogP contribution in [0.25, 0.3) is 22.2 Å². The van der Waals surface area contributed by atoms with Gasteiger partial charge >= 0.3 is 0 Å². The lowest BCUT2D eigenvalue weighted by Crippen LogP contribution is -2.19. The number of allylic oxidation sites excluding steroid dienone is 4. The highest BCUT2D eigenvalue weighted by molar-refractivity contribution is 6.06. The maximum Gasteiger partial charge on any atom is 0.229 e. The van der Waals surface area contributed by atoms with E-state index in [1.807, 2.05) is 42.6 Å². The molecule has 2 aliphatic rings. The van der Waals surface area contributed by atoms with Crippen LogP contribution in [-0.2, 0) is 0 Å². The van der Waals surface area contributed by atoms with Crippen LogP contribution in [0.3, 0.4) is 0 Å². The minimum Gasteiger partial charge on any atom is -0.487 e. The van der Waals surface area contributed by atoms with Gasteiger partial charge in [-0.05, 0) is 24.3 Å². The molecule has 0 saturated heterocycles. The summed E-state index contributed by atoms with van der Waals surface area (Å²) in [4.78, 5) is 14.4. The van der Waals surface area contributed by atoms with Crippen LogP contribution in [0.15, 0.2) is 48.3 Å². The van der Waals surface area contributed by atoms with Crippen molar-refractivity contribution < 1.29 is 4.74 Å². The molecule has 0 amide bonds. The van der Waals surface area contributed by atoms with Crippen molar-refractivity contribution in [2.45, 2.75) is 0 Å². The van der Waals surface area contributed by atoms with Gasteiger partial charge in [0, 0.05) is 6.20 Å². The molecule has 5 heteroatoms. The molecule has 20 heavy (non-hydrogen) atoms. The number of anilines is 1. The molecular formula is C15H10N4O. The summed E-state index contributed by atoms with van der Waals surface area (Å²) in [6.45, 7) is 0.516. The monoisotopic (exact) mass is 262 g/mol. The third-order valence-electron chi connectivity index (χ3n) is 3.70. The molecule has 1 aromatic carbocycles. The molecule has 1 N–H and O–H groups in total. The lowest BCUT2D eigenvalue weighted by molar-refractivity contribution is 0.357. The molecule has 0 aliphatic carbocycles. The van der Waals surface area contributed by atoms with Gasteiger partial charge in [-0.1, -0.05) is 12.2 Å². The van der Waals surface area contributed by atoms with E-state index in [1.54, 1.807) is 0 Å². The number of fused-ring (bicyclic) bond motifs is 3. The zero-order valence-electron chi connectivity index (χ0n) is 10.5. The third kappa shape index (κ3) is 1.17. The van der Waals surface area contributed by atoms with Crippen LogP contribution >= 0.6 is 0 Å². The van der Waals surface area contributed by atoms with Gasteiger partial charge < -0.3 is 14.6 Å². The van der Waals surface area contributed by atoms with Crippen molar-refractivity contribution in [3.8, 4) is 5.75 Å². The molecule has 0 fully saturated rings. The second-order valence-corrected chi connectivity index (χ2v) is 4.87. The first-order chi connectivity index (χ1) is 9.90. The highest BCUT2D eigenvalue weighted by atomic mass is 16.5. The molecule has 2 aliphatic heterocycles. The van der Waals surface area contributed by atoms with Crippen molar-refractivity contribution in [2.75, 3.05) is 11.5 Å². The van der Waals surface area contributed by atoms with Gasteiger partial charge in [0.15, 0.2) is 5.82 Å². The van der Waals surface area contributed by atoms with Crippen molar-refractivity contribution in [3.05, 3.63) is 48.3 Å². The van der Waals surface area contributed by atoms with Gasteiger partial charge in [-0.15, -0.1) is 0 Å². The Hall–Kier alpha value is -2.82. The average molecular weight is 262 g/mol. The first kappa shape index (κ1) is 10.0. The van der Waals surface area contributed by atoms with Gasteiger partial charge in [-0.2, -0.15) is 4.98 Å². The fourth-order valence-electron chi connectivity index (χ4n) is 2.78. The number of hydrogen-bond acceptors (Lipinski definition) is 4. The Bertz CT molecular complexity index is 919. The molecule has 0 atom stereocenters. The summed E-state index contributed by atoms with van der Waals surface area (Å²) >= 11 is 0. The molecule has 5 nitrogen and oxygen atoms in total. The molecule has 2 bridgehead atoms. The largest absolute Gasteiger partial charge is 0.487 e. The molecule has 0 radical (unpaired) electrons. The quantitative estimate of drug-likeness (QED) is 0.676. The smallest absolute Gasteiger partial charge is 0.229 e. The normalized spacial score (nSPS) is 17.0. The van der Waals surface area contributed by atoms with Crippen molar-refractivity contribution in [2.24, 2.45) is 0 Å². The summed E-state index contributed by atoms with van der Waals surface area (Å²) in [6.07, 6.45) is 10.1. The maximum atomic E-state index is 5.94. The summed E-state index contributed by atoms with van der Waals surface area (Å²) in [5.74, 6) is 2.35. The number of hydrogen-bond donors (Lipinski definition) is 1. The van der Waals surface area contributed by atoms with Crippen LogP contribution in [0.2, 0.25) is 0 Å². The minimum absolute atomic E-state index is 0.516. The van der Waals surface area contributed by atoms with Crippen molar-refractivity contribution in [3.63, 3.8) is 0 Å². The highest BCUT2D eigenvalue weighted by Gasteiger charge is 2.25. The molecule has 3 aromatic rings. The number of nitrogens with zero attached hydrogens (tertiary/aromatic N) is 3. The predicted octanol–water partition coefficient (Wildman–Crippen LogP) is 2.72. The lowest BCUT2D eigenvalue weighted by Gasteiger charge is -2.19. The van der Waals surface area contributed by atoms with Crippen LogP contribution in [0.5, 0.6) is 5.75 Å². The van der Waals surface area contributed by atoms with E-state index in [0.717, 1.165) is 33.7 Å². The first-order valence-corrected chi connectivity index (χ1v) is 6.48. The van der Waals surface area contributed by atoms with Gasteiger partial charge in [0.1, 0.15) is 17.9 Å². The summed E-state index contributed by atoms with van der Waals surface area (Å²) in [7, 11) is 0. The van der Waals surface area contributed by atoms with Gasteiger partial charge in [-0.25, -0.2) is 4.98 Å². The van der Waals surface area contributed by atoms with E-state index in [9.17, 15) is 0 Å². The Morgan fingerprint density at radius 3 is 3.15 bits per heavy atom. The minimum atomic E-state index is 0.516. The van der Waals surface area contributed by atoms with Crippen molar-refractivity contribution >= 4 is 28.0 Å². The van der Waals surface area contributed by atoms with E-state index < -0.39 is 0 Å². The number of aromatic nitrogens is 3. The fourth-order valence-corrected chi connectivity index (χ4v) is 2.78. The SMILES string of the molecule is C1=CC=C2COc3ccc4[nH]c5nc(c3c4n5)N2C=C1. The summed E-state index contributed by atoms with van der Waals surface area (Å²) < 4.78 is 5.94. The van der Waals surface area contributed by atoms with E-state index in [2.05, 4.69) is 19.9 Å². The number of aromatic amines is 1. The zero-order valence-corrected chi connectivity index (χ0v) is 10.5. The van der Waals surface area contributed by atoms with Crippen LogP contribution < -0.4 is 9.64 Å². The molecular weight excluding hydrogens is 252 g/mol. The van der Waals surface area contributed by atoms with Crippen LogP contribution in [0.1, 0.15) is 0 Å². The topological polar surface area (TPSA) is 54.0 Å². The number of benzene rings is 1. The second kappa shape index (κ2) is 3.39. The van der Waals surface area contributed by atoms with Crippen LogP contribution in [0, 0.1) is 0 Å². The molecule has 2 aromatic heterocycles. The summed E-state index contributed by atoms with van der Waals surface area (Å²) in [6, 6.07) is 3.97. The number of H-pyrrole nitrogens is 1. The Morgan fingerprint density at radius 2 is 2.15 bits per heavy atom. The molecule has 0 spiro atoms. The van der Waals surface area contributed by atoms with E-state index >= 15 is 0 Å². The van der Waals surface area contributed by atoms with E-state index in [4.69, 9.17) is 4.74 Å². The number of rotatable bonds is 0. The number of imidazole rings is 1. The van der Waals surface area contributed by atoms with Gasteiger partial charge in [0.05, 0.1) is 16.6 Å². The van der Waals surface area contributed by atoms with Crippen LogP contribution in [0.4, 0.5) is 5.82 Å². The van der Waals surface area contributed by atoms with Gasteiger partial charge in [-0.3, -0.25) is 0 Å². The molecule has 96 valence electrons. The third-order valence-corrected chi connectivity index (χ3v) is 3.70. The van der Waals surface area contributed by atoms with Crippen LogP contribution in [-0.4, -0.2) is 21.6 Å². The zero-order chi connectivity index (χ0) is 13.1. The Morgan fingerprint density at radius 1 is 1.15 bits per heavy atom.